The number of nitrogens with one attached hydrogen (secondary N) is 2. The summed E-state index contributed by atoms with van der Waals surface area (Å²) in [6.07, 6.45) is 0. The van der Waals surface area contributed by atoms with Gasteiger partial charge in [0.1, 0.15) is 6.04 Å². The Hall–Kier alpha value is -2.86. The van der Waals surface area contributed by atoms with Crippen LogP contribution >= 0.6 is 0 Å². The van der Waals surface area contributed by atoms with E-state index in [1.165, 1.54) is 11.1 Å². The van der Waals surface area contributed by atoms with E-state index in [9.17, 15) is 9.59 Å². The van der Waals surface area contributed by atoms with E-state index in [4.69, 9.17) is 0 Å². The highest BCUT2D eigenvalue weighted by atomic mass is 16.2. The number of piperazine rings is 1. The molecular formula is C24H32N4O2. The first-order valence-electron chi connectivity index (χ1n) is 10.6. The fourth-order valence-corrected chi connectivity index (χ4v) is 3.69. The number of hydrogen-bond acceptors (Lipinski definition) is 3. The summed E-state index contributed by atoms with van der Waals surface area (Å²) in [6, 6.07) is 16.8. The van der Waals surface area contributed by atoms with Gasteiger partial charge in [-0.05, 0) is 36.1 Å². The maximum atomic E-state index is 13.1. The number of anilines is 1. The molecule has 0 aromatic heterocycles. The second-order valence-electron chi connectivity index (χ2n) is 8.21. The van der Waals surface area contributed by atoms with Gasteiger partial charge in [-0.1, -0.05) is 56.3 Å². The lowest BCUT2D eigenvalue weighted by molar-refractivity contribution is -0.136. The van der Waals surface area contributed by atoms with E-state index < -0.39 is 6.04 Å². The van der Waals surface area contributed by atoms with Crippen LogP contribution in [0.3, 0.4) is 0 Å². The van der Waals surface area contributed by atoms with E-state index in [2.05, 4.69) is 46.7 Å². The number of hydrogen-bond donors (Lipinski definition) is 2. The molecule has 2 aromatic carbocycles. The molecule has 3 amide bonds. The molecule has 1 saturated heterocycles. The molecule has 0 aliphatic carbocycles. The van der Waals surface area contributed by atoms with Crippen molar-refractivity contribution in [3.8, 4) is 0 Å². The largest absolute Gasteiger partial charge is 0.338 e. The van der Waals surface area contributed by atoms with Gasteiger partial charge in [0.15, 0.2) is 0 Å². The van der Waals surface area contributed by atoms with E-state index in [1.807, 2.05) is 49.1 Å². The van der Waals surface area contributed by atoms with Crippen LogP contribution in [0.5, 0.6) is 0 Å². The summed E-state index contributed by atoms with van der Waals surface area (Å²) < 4.78 is 0. The summed E-state index contributed by atoms with van der Waals surface area (Å²) in [5.41, 5.74) is 3.33. The molecule has 6 heteroatoms. The number of nitrogens with zero attached hydrogens (tertiary/aromatic N) is 2. The maximum Gasteiger partial charge on any atom is 0.319 e. The van der Waals surface area contributed by atoms with Crippen molar-refractivity contribution in [3.05, 3.63) is 65.7 Å². The number of amides is 3. The minimum absolute atomic E-state index is 0.00372. The predicted octanol–water partition coefficient (Wildman–Crippen LogP) is 3.49. The van der Waals surface area contributed by atoms with Crippen molar-refractivity contribution >= 4 is 17.6 Å². The lowest BCUT2D eigenvalue weighted by atomic mass is 10.0. The van der Waals surface area contributed by atoms with Crippen LogP contribution in [0.25, 0.3) is 0 Å². The third-order valence-corrected chi connectivity index (χ3v) is 5.59. The molecule has 2 N–H and O–H groups in total. The van der Waals surface area contributed by atoms with Crippen molar-refractivity contribution in [2.24, 2.45) is 5.92 Å². The second-order valence-corrected chi connectivity index (χ2v) is 8.21. The van der Waals surface area contributed by atoms with Crippen LogP contribution < -0.4 is 10.6 Å². The maximum absolute atomic E-state index is 13.1. The Morgan fingerprint density at radius 1 is 0.933 bits per heavy atom. The molecule has 0 saturated carbocycles. The summed E-state index contributed by atoms with van der Waals surface area (Å²) in [5.74, 6) is -0.00669. The monoisotopic (exact) mass is 408 g/mol. The highest BCUT2D eigenvalue weighted by molar-refractivity contribution is 5.93. The summed E-state index contributed by atoms with van der Waals surface area (Å²) in [5, 5.41) is 5.66. The Bertz CT molecular complexity index is 845. The minimum Gasteiger partial charge on any atom is -0.338 e. The Kier molecular flexibility index (Phi) is 7.46. The Morgan fingerprint density at radius 2 is 1.57 bits per heavy atom. The standard InChI is InChI=1S/C24H32N4O2/c1-18(2)22(26-24(30)25-21-11-5-4-6-12-21)23(29)28-15-13-27(14-16-28)17-20-10-8-7-9-19(20)3/h4-12,18,22H,13-17H2,1-3H3,(H2,25,26,30)/t22-/m0/s1. The molecule has 6 nitrogen and oxygen atoms in total. The van der Waals surface area contributed by atoms with E-state index in [0.717, 1.165) is 19.6 Å². The number of rotatable bonds is 6. The van der Waals surface area contributed by atoms with Gasteiger partial charge in [-0.25, -0.2) is 4.79 Å². The fourth-order valence-electron chi connectivity index (χ4n) is 3.69. The highest BCUT2D eigenvalue weighted by Crippen LogP contribution is 2.15. The molecule has 1 aliphatic rings. The van der Waals surface area contributed by atoms with Crippen LogP contribution in [0.1, 0.15) is 25.0 Å². The van der Waals surface area contributed by atoms with Crippen molar-refractivity contribution in [2.45, 2.75) is 33.4 Å². The highest BCUT2D eigenvalue weighted by Gasteiger charge is 2.30. The lowest BCUT2D eigenvalue weighted by Crippen LogP contribution is -2.56. The summed E-state index contributed by atoms with van der Waals surface area (Å²) >= 11 is 0. The lowest BCUT2D eigenvalue weighted by Gasteiger charge is -2.37. The first kappa shape index (κ1) is 21.8. The molecule has 1 fully saturated rings. The number of carbonyl (C=O) groups is 2. The Morgan fingerprint density at radius 3 is 2.20 bits per heavy atom. The molecule has 30 heavy (non-hydrogen) atoms. The van der Waals surface area contributed by atoms with Gasteiger partial charge in [0.05, 0.1) is 0 Å². The number of aryl methyl sites for hydroxylation is 1. The number of para-hydroxylation sites is 1. The zero-order valence-electron chi connectivity index (χ0n) is 18.1. The first-order chi connectivity index (χ1) is 14.4. The van der Waals surface area contributed by atoms with Gasteiger partial charge in [-0.15, -0.1) is 0 Å². The molecule has 1 aliphatic heterocycles. The van der Waals surface area contributed by atoms with Crippen LogP contribution in [0.4, 0.5) is 10.5 Å². The predicted molar refractivity (Wildman–Crippen MR) is 120 cm³/mol. The molecule has 0 unspecified atom stereocenters. The van der Waals surface area contributed by atoms with Gasteiger partial charge in [-0.2, -0.15) is 0 Å². The van der Waals surface area contributed by atoms with Gasteiger partial charge >= 0.3 is 6.03 Å². The molecule has 0 bridgehead atoms. The average Bonchev–Trinajstić information content (AvgIpc) is 2.74. The van der Waals surface area contributed by atoms with Crippen molar-refractivity contribution in [1.82, 2.24) is 15.1 Å². The van der Waals surface area contributed by atoms with Crippen molar-refractivity contribution in [2.75, 3.05) is 31.5 Å². The molecule has 160 valence electrons. The van der Waals surface area contributed by atoms with Gasteiger partial charge in [0.25, 0.3) is 0 Å². The van der Waals surface area contributed by atoms with Crippen LogP contribution in [0, 0.1) is 12.8 Å². The second kappa shape index (κ2) is 10.3. The number of benzene rings is 2. The zero-order chi connectivity index (χ0) is 21.5. The Labute approximate surface area is 179 Å². The molecule has 0 spiro atoms. The normalized spacial score (nSPS) is 15.7. The zero-order valence-corrected chi connectivity index (χ0v) is 18.1. The van der Waals surface area contributed by atoms with Gasteiger partial charge < -0.3 is 15.5 Å². The number of urea groups is 1. The van der Waals surface area contributed by atoms with Crippen molar-refractivity contribution < 1.29 is 9.59 Å². The molecule has 2 aromatic rings. The quantitative estimate of drug-likeness (QED) is 0.769. The fraction of sp³-hybridized carbons (Fsp3) is 0.417. The van der Waals surface area contributed by atoms with Crippen LogP contribution in [-0.4, -0.2) is 54.0 Å². The average molecular weight is 409 g/mol. The molecule has 3 rings (SSSR count). The van der Waals surface area contributed by atoms with E-state index >= 15 is 0 Å². The molecule has 0 radical (unpaired) electrons. The van der Waals surface area contributed by atoms with Crippen molar-refractivity contribution in [1.29, 1.82) is 0 Å². The van der Waals surface area contributed by atoms with Crippen molar-refractivity contribution in [3.63, 3.8) is 0 Å². The van der Waals surface area contributed by atoms with Gasteiger partial charge in [0.2, 0.25) is 5.91 Å². The first-order valence-corrected chi connectivity index (χ1v) is 10.6. The molecule has 1 heterocycles. The summed E-state index contributed by atoms with van der Waals surface area (Å²) in [7, 11) is 0. The number of carbonyl (C=O) groups excluding carboxylic acids is 2. The van der Waals surface area contributed by atoms with E-state index in [-0.39, 0.29) is 17.9 Å². The Balaban J connectivity index is 1.53. The third-order valence-electron chi connectivity index (χ3n) is 5.59. The smallest absolute Gasteiger partial charge is 0.319 e. The minimum atomic E-state index is -0.545. The summed E-state index contributed by atoms with van der Waals surface area (Å²) in [6.45, 7) is 9.97. The van der Waals surface area contributed by atoms with Crippen LogP contribution in [-0.2, 0) is 11.3 Å². The third kappa shape index (κ3) is 5.83. The van der Waals surface area contributed by atoms with E-state index in [1.54, 1.807) is 0 Å². The van der Waals surface area contributed by atoms with Gasteiger partial charge in [0, 0.05) is 38.4 Å². The van der Waals surface area contributed by atoms with Gasteiger partial charge in [-0.3, -0.25) is 9.69 Å². The SMILES string of the molecule is Cc1ccccc1CN1CCN(C(=O)[C@@H](NC(=O)Nc2ccccc2)C(C)C)CC1. The van der Waals surface area contributed by atoms with Crippen LogP contribution in [0.15, 0.2) is 54.6 Å². The topological polar surface area (TPSA) is 64.7 Å². The van der Waals surface area contributed by atoms with Crippen LogP contribution in [0.2, 0.25) is 0 Å². The summed E-state index contributed by atoms with van der Waals surface area (Å²) in [4.78, 5) is 29.8. The van der Waals surface area contributed by atoms with E-state index in [0.29, 0.717) is 18.8 Å². The molecular weight excluding hydrogens is 376 g/mol. The molecule has 1 atom stereocenters.